The van der Waals surface area contributed by atoms with Crippen molar-refractivity contribution in [2.24, 2.45) is 0 Å². The monoisotopic (exact) mass is 357 g/mol. The molecule has 2 rings (SSSR count). The number of nitrogens with zero attached hydrogens (tertiary/aromatic N) is 1. The highest BCUT2D eigenvalue weighted by Crippen LogP contribution is 2.14. The number of methoxy groups -OCH3 is 1. The lowest BCUT2D eigenvalue weighted by atomic mass is 10.0. The lowest BCUT2D eigenvalue weighted by molar-refractivity contribution is -0.140. The lowest BCUT2D eigenvalue weighted by Crippen LogP contribution is -2.35. The summed E-state index contributed by atoms with van der Waals surface area (Å²) in [4.78, 5) is 26.0. The second-order valence-electron chi connectivity index (χ2n) is 6.29. The quantitative estimate of drug-likeness (QED) is 0.710. The second-order valence-corrected chi connectivity index (χ2v) is 6.29. The minimum Gasteiger partial charge on any atom is -0.469 e. The molecule has 2 aromatic rings. The Bertz CT molecular complexity index is 771. The number of aryl methyl sites for hydroxylation is 2. The first kappa shape index (κ1) is 19.6. The highest BCUT2D eigenvalue weighted by atomic mass is 19.1. The van der Waals surface area contributed by atoms with Gasteiger partial charge in [0.1, 0.15) is 5.82 Å². The van der Waals surface area contributed by atoms with E-state index in [0.717, 1.165) is 16.7 Å². The molecule has 1 amide bonds. The van der Waals surface area contributed by atoms with Gasteiger partial charge in [-0.05, 0) is 61.2 Å². The number of hydrogen-bond donors (Lipinski definition) is 0. The van der Waals surface area contributed by atoms with Crippen molar-refractivity contribution in [3.8, 4) is 0 Å². The van der Waals surface area contributed by atoms with Gasteiger partial charge in [-0.1, -0.05) is 18.2 Å². The largest absolute Gasteiger partial charge is 0.469 e. The van der Waals surface area contributed by atoms with E-state index in [0.29, 0.717) is 18.5 Å². The molecule has 0 saturated heterocycles. The Hall–Kier alpha value is -2.69. The Morgan fingerprint density at radius 3 is 2.31 bits per heavy atom. The number of rotatable bonds is 7. The summed E-state index contributed by atoms with van der Waals surface area (Å²) >= 11 is 0. The second kappa shape index (κ2) is 9.13. The van der Waals surface area contributed by atoms with Gasteiger partial charge in [-0.25, -0.2) is 4.39 Å². The van der Waals surface area contributed by atoms with Gasteiger partial charge in [0, 0.05) is 18.7 Å². The highest BCUT2D eigenvalue weighted by molar-refractivity contribution is 5.94. The van der Waals surface area contributed by atoms with Crippen LogP contribution in [0.2, 0.25) is 0 Å². The summed E-state index contributed by atoms with van der Waals surface area (Å²) in [5.74, 6) is -0.772. The molecule has 0 saturated carbocycles. The number of esters is 1. The maximum Gasteiger partial charge on any atom is 0.307 e. The Morgan fingerprint density at radius 2 is 1.69 bits per heavy atom. The van der Waals surface area contributed by atoms with Crippen molar-refractivity contribution in [2.45, 2.75) is 26.7 Å². The molecule has 0 spiro atoms. The first-order valence-corrected chi connectivity index (χ1v) is 8.58. The van der Waals surface area contributed by atoms with Gasteiger partial charge >= 0.3 is 5.97 Å². The maximum atomic E-state index is 13.0. The van der Waals surface area contributed by atoms with E-state index in [1.807, 2.05) is 26.0 Å². The van der Waals surface area contributed by atoms with Gasteiger partial charge in [0.25, 0.3) is 5.91 Å². The molecule has 0 atom stereocenters. The molecule has 0 aliphatic heterocycles. The summed E-state index contributed by atoms with van der Waals surface area (Å²) < 4.78 is 17.7. The van der Waals surface area contributed by atoms with Gasteiger partial charge in [0.2, 0.25) is 0 Å². The first-order valence-electron chi connectivity index (χ1n) is 8.58. The highest BCUT2D eigenvalue weighted by Gasteiger charge is 2.17. The smallest absolute Gasteiger partial charge is 0.307 e. The van der Waals surface area contributed by atoms with Crippen LogP contribution in [-0.2, 0) is 16.0 Å². The minimum absolute atomic E-state index is 0.126. The zero-order valence-corrected chi connectivity index (χ0v) is 15.4. The van der Waals surface area contributed by atoms with Crippen LogP contribution in [0.1, 0.15) is 33.5 Å². The third kappa shape index (κ3) is 5.41. The van der Waals surface area contributed by atoms with Gasteiger partial charge in [-0.2, -0.15) is 0 Å². The van der Waals surface area contributed by atoms with E-state index >= 15 is 0 Å². The van der Waals surface area contributed by atoms with Crippen LogP contribution in [0, 0.1) is 19.7 Å². The molecule has 0 N–H and O–H groups in total. The normalized spacial score (nSPS) is 10.5. The maximum absolute atomic E-state index is 13.0. The van der Waals surface area contributed by atoms with Crippen LogP contribution in [0.15, 0.2) is 42.5 Å². The third-order valence-electron chi connectivity index (χ3n) is 4.44. The molecule has 2 aromatic carbocycles. The van der Waals surface area contributed by atoms with Crippen molar-refractivity contribution in [3.05, 3.63) is 70.5 Å². The summed E-state index contributed by atoms with van der Waals surface area (Å²) in [5, 5.41) is 0. The van der Waals surface area contributed by atoms with Crippen LogP contribution in [0.5, 0.6) is 0 Å². The van der Waals surface area contributed by atoms with Crippen molar-refractivity contribution in [1.29, 1.82) is 0 Å². The van der Waals surface area contributed by atoms with Gasteiger partial charge in [0.05, 0.1) is 13.5 Å². The van der Waals surface area contributed by atoms with Crippen molar-refractivity contribution >= 4 is 11.9 Å². The molecular formula is C21H24FNO3. The number of carbonyl (C=O) groups is 2. The van der Waals surface area contributed by atoms with Crippen LogP contribution in [-0.4, -0.2) is 37.0 Å². The molecule has 0 aromatic heterocycles. The fraction of sp³-hybridized carbons (Fsp3) is 0.333. The van der Waals surface area contributed by atoms with Crippen molar-refractivity contribution in [2.75, 3.05) is 20.2 Å². The van der Waals surface area contributed by atoms with Gasteiger partial charge in [0.15, 0.2) is 0 Å². The summed E-state index contributed by atoms with van der Waals surface area (Å²) in [6, 6.07) is 11.8. The molecule has 0 aliphatic rings. The van der Waals surface area contributed by atoms with E-state index in [1.54, 1.807) is 23.1 Å². The lowest BCUT2D eigenvalue weighted by Gasteiger charge is -2.23. The predicted octanol–water partition coefficient (Wildman–Crippen LogP) is 3.69. The Morgan fingerprint density at radius 1 is 1.00 bits per heavy atom. The molecular weight excluding hydrogens is 333 g/mol. The van der Waals surface area contributed by atoms with E-state index in [2.05, 4.69) is 4.74 Å². The number of ether oxygens (including phenoxy) is 1. The van der Waals surface area contributed by atoms with Crippen molar-refractivity contribution < 1.29 is 18.7 Å². The predicted molar refractivity (Wildman–Crippen MR) is 98.6 cm³/mol. The summed E-state index contributed by atoms with van der Waals surface area (Å²) in [5.41, 5.74) is 3.69. The first-order chi connectivity index (χ1) is 12.4. The van der Waals surface area contributed by atoms with Gasteiger partial charge < -0.3 is 9.64 Å². The van der Waals surface area contributed by atoms with Crippen molar-refractivity contribution in [1.82, 2.24) is 4.90 Å². The standard InChI is InChI=1S/C21H24FNO3/c1-15-4-7-18(14-16(15)2)21(25)23(13-11-20(24)26-3)12-10-17-5-8-19(22)9-6-17/h4-9,14H,10-13H2,1-3H3. The molecule has 0 fully saturated rings. The van der Waals surface area contributed by atoms with Gasteiger partial charge in [-0.15, -0.1) is 0 Å². The summed E-state index contributed by atoms with van der Waals surface area (Å²) in [7, 11) is 1.33. The van der Waals surface area contributed by atoms with Crippen molar-refractivity contribution in [3.63, 3.8) is 0 Å². The number of benzene rings is 2. The molecule has 0 bridgehead atoms. The minimum atomic E-state index is -0.357. The Labute approximate surface area is 153 Å². The molecule has 0 unspecified atom stereocenters. The molecule has 26 heavy (non-hydrogen) atoms. The number of amides is 1. The van der Waals surface area contributed by atoms with E-state index in [-0.39, 0.29) is 30.7 Å². The molecule has 4 nitrogen and oxygen atoms in total. The van der Waals surface area contributed by atoms with Crippen LogP contribution in [0.3, 0.4) is 0 Å². The van der Waals surface area contributed by atoms with Crippen LogP contribution in [0.4, 0.5) is 4.39 Å². The average Bonchev–Trinajstić information content (AvgIpc) is 2.64. The summed E-state index contributed by atoms with van der Waals surface area (Å²) in [6.45, 7) is 4.67. The molecule has 0 heterocycles. The molecule has 5 heteroatoms. The summed E-state index contributed by atoms with van der Waals surface area (Å²) in [6.07, 6.45) is 0.717. The van der Waals surface area contributed by atoms with E-state index in [1.165, 1.54) is 19.2 Å². The molecule has 0 aliphatic carbocycles. The fourth-order valence-corrected chi connectivity index (χ4v) is 2.62. The number of carbonyl (C=O) groups excluding carboxylic acids is 2. The van der Waals surface area contributed by atoms with Crippen LogP contribution in [0.25, 0.3) is 0 Å². The van der Waals surface area contributed by atoms with E-state index < -0.39 is 0 Å². The van der Waals surface area contributed by atoms with E-state index in [4.69, 9.17) is 0 Å². The number of halogens is 1. The van der Waals surface area contributed by atoms with Crippen LogP contribution < -0.4 is 0 Å². The third-order valence-corrected chi connectivity index (χ3v) is 4.44. The fourth-order valence-electron chi connectivity index (χ4n) is 2.62. The van der Waals surface area contributed by atoms with Gasteiger partial charge in [-0.3, -0.25) is 9.59 Å². The zero-order valence-electron chi connectivity index (χ0n) is 15.4. The van der Waals surface area contributed by atoms with Crippen LogP contribution >= 0.6 is 0 Å². The SMILES string of the molecule is COC(=O)CCN(CCc1ccc(F)cc1)C(=O)c1ccc(C)c(C)c1. The average molecular weight is 357 g/mol. The zero-order chi connectivity index (χ0) is 19.1. The number of hydrogen-bond acceptors (Lipinski definition) is 3. The molecule has 138 valence electrons. The Balaban J connectivity index is 2.13. The Kier molecular flexibility index (Phi) is 6.89. The topological polar surface area (TPSA) is 46.6 Å². The molecule has 0 radical (unpaired) electrons. The van der Waals surface area contributed by atoms with E-state index in [9.17, 15) is 14.0 Å².